The summed E-state index contributed by atoms with van der Waals surface area (Å²) in [6.07, 6.45) is -2.76. The largest absolute Gasteiger partial charge is 0.507 e. The summed E-state index contributed by atoms with van der Waals surface area (Å²) in [5.74, 6) is -9.45. The molecule has 1 aromatic rings. The second-order valence-electron chi connectivity index (χ2n) is 13.4. The van der Waals surface area contributed by atoms with Crippen molar-refractivity contribution in [1.82, 2.24) is 5.32 Å². The molecule has 10 nitrogen and oxygen atoms in total. The van der Waals surface area contributed by atoms with Crippen molar-refractivity contribution in [2.45, 2.75) is 84.5 Å². The monoisotopic (exact) mass is 586 g/mol. The number of aromatic hydroxyl groups is 1. The molecule has 42 heavy (non-hydrogen) atoms. The van der Waals surface area contributed by atoms with Gasteiger partial charge >= 0.3 is 0 Å². The van der Waals surface area contributed by atoms with Gasteiger partial charge in [-0.3, -0.25) is 19.2 Å². The van der Waals surface area contributed by atoms with Gasteiger partial charge in [-0.25, -0.2) is 0 Å². The summed E-state index contributed by atoms with van der Waals surface area (Å²) in [5, 5.41) is 50.8. The highest BCUT2D eigenvalue weighted by Gasteiger charge is 2.80. The summed E-state index contributed by atoms with van der Waals surface area (Å²) < 4.78 is 0. The lowest BCUT2D eigenvalue weighted by atomic mass is 9.33. The second-order valence-corrected chi connectivity index (χ2v) is 13.4. The third kappa shape index (κ3) is 4.12. The van der Waals surface area contributed by atoms with Gasteiger partial charge in [0.25, 0.3) is 0 Å². The molecule has 3 aliphatic carbocycles. The molecule has 2 saturated carbocycles. The van der Waals surface area contributed by atoms with Crippen molar-refractivity contribution in [3.05, 3.63) is 29.3 Å². The van der Waals surface area contributed by atoms with E-state index in [1.54, 1.807) is 39.8 Å². The predicted molar refractivity (Wildman–Crippen MR) is 154 cm³/mol. The number of nitrogens with two attached hydrogens (primary N) is 1. The van der Waals surface area contributed by atoms with Crippen molar-refractivity contribution in [2.75, 3.05) is 13.1 Å². The van der Waals surface area contributed by atoms with Crippen LogP contribution in [0.4, 0.5) is 0 Å². The van der Waals surface area contributed by atoms with E-state index in [0.717, 1.165) is 6.42 Å². The van der Waals surface area contributed by atoms with Crippen LogP contribution in [0, 0.1) is 40.4 Å². The summed E-state index contributed by atoms with van der Waals surface area (Å²) in [6.45, 7) is 11.7. The van der Waals surface area contributed by atoms with E-state index >= 15 is 0 Å². The number of carbonyl (C=O) groups excluding carboxylic acids is 4. The average molecular weight is 587 g/mol. The lowest BCUT2D eigenvalue weighted by Gasteiger charge is -2.71. The van der Waals surface area contributed by atoms with Crippen molar-refractivity contribution < 1.29 is 39.6 Å². The number of benzene rings is 1. The Morgan fingerprint density at radius 2 is 1.76 bits per heavy atom. The maximum absolute atomic E-state index is 14.4. The van der Waals surface area contributed by atoms with Crippen LogP contribution < -0.4 is 11.1 Å². The van der Waals surface area contributed by atoms with E-state index in [9.17, 15) is 39.6 Å². The minimum Gasteiger partial charge on any atom is -0.507 e. The molecule has 0 spiro atoms. The molecule has 4 rings (SSSR count). The number of nitrogens with one attached hydrogen (secondary N) is 1. The van der Waals surface area contributed by atoms with E-state index in [2.05, 4.69) is 5.32 Å². The number of rotatable bonds is 9. The molecule has 2 fully saturated rings. The molecule has 7 N–H and O–H groups in total. The Morgan fingerprint density at radius 1 is 1.12 bits per heavy atom. The number of hydrogen-bond acceptors (Lipinski definition) is 9. The zero-order chi connectivity index (χ0) is 31.5. The van der Waals surface area contributed by atoms with Gasteiger partial charge in [0.15, 0.2) is 17.2 Å². The van der Waals surface area contributed by atoms with Gasteiger partial charge in [0.05, 0.1) is 17.6 Å². The topological polar surface area (TPSA) is 187 Å². The molecule has 0 heterocycles. The first-order valence-electron chi connectivity index (χ1n) is 15.1. The summed E-state index contributed by atoms with van der Waals surface area (Å²) in [7, 11) is 0. The minimum atomic E-state index is -2.71. The highest BCUT2D eigenvalue weighted by molar-refractivity contribution is 6.09. The van der Waals surface area contributed by atoms with Crippen LogP contribution in [0.3, 0.4) is 0 Å². The predicted octanol–water partition coefficient (Wildman–Crippen LogP) is 1.71. The van der Waals surface area contributed by atoms with Gasteiger partial charge in [-0.05, 0) is 47.8 Å². The van der Waals surface area contributed by atoms with Gasteiger partial charge in [-0.15, -0.1) is 0 Å². The lowest BCUT2D eigenvalue weighted by Crippen LogP contribution is -2.82. The van der Waals surface area contributed by atoms with Gasteiger partial charge in [-0.1, -0.05) is 53.7 Å². The molecule has 3 aliphatic rings. The number of fused-ring (bicyclic) bond motifs is 3. The average Bonchev–Trinajstić information content (AvgIpc) is 2.90. The molecule has 0 aliphatic heterocycles. The molecule has 0 radical (unpaired) electrons. The van der Waals surface area contributed by atoms with E-state index in [0.29, 0.717) is 18.7 Å². The number of ketones is 3. The number of aliphatic hydroxyl groups excluding tert-OH is 2. The molecule has 0 bridgehead atoms. The van der Waals surface area contributed by atoms with Crippen LogP contribution in [0.25, 0.3) is 0 Å². The number of carbonyl (C=O) groups is 4. The van der Waals surface area contributed by atoms with E-state index in [4.69, 9.17) is 5.73 Å². The van der Waals surface area contributed by atoms with Crippen LogP contribution in [-0.2, 0) is 14.4 Å². The molecule has 10 atom stereocenters. The van der Waals surface area contributed by atoms with Crippen molar-refractivity contribution in [3.63, 3.8) is 0 Å². The maximum atomic E-state index is 14.4. The van der Waals surface area contributed by atoms with Crippen molar-refractivity contribution in [2.24, 2.45) is 46.2 Å². The van der Waals surface area contributed by atoms with Gasteiger partial charge in [-0.2, -0.15) is 0 Å². The molecule has 1 aromatic carbocycles. The number of phenols is 1. The van der Waals surface area contributed by atoms with E-state index in [-0.39, 0.29) is 29.9 Å². The zero-order valence-electron chi connectivity index (χ0n) is 25.4. The van der Waals surface area contributed by atoms with Crippen LogP contribution in [0.15, 0.2) is 18.2 Å². The summed E-state index contributed by atoms with van der Waals surface area (Å²) in [6, 6.07) is 4.77. The number of Topliss-reactive ketones (excluding diaryl/α,β-unsaturated/α-hetero) is 3. The van der Waals surface area contributed by atoms with Crippen molar-refractivity contribution in [3.8, 4) is 5.75 Å². The number of hydrogen-bond donors (Lipinski definition) is 6. The fourth-order valence-corrected chi connectivity index (χ4v) is 9.31. The molecule has 232 valence electrons. The SMILES string of the molecule is CCCNC[C@@H]1c2cccc(O)c2C(=O)[C@@H]2C(O)[C@@]3(O)C(=O)[C@H](C(N)=O)C(O)[C@H](C(C)C)[C@@]3(C)[C@H](CC(=O)CC)[C@@]12C. The standard InChI is InChI=1S/C32H46N2O8/c1-7-12-34-14-18-17-10-9-11-19(36)21(17)25(37)24-28(40)32(42)27(39)22(29(33)41)26(38)23(15(3)4)31(32,6)20(30(18,24)5)13-16(35)8-2/h9-11,15,18,20,22-24,26,28,34,36,38,40,42H,7-8,12-14H2,1-6H3,(H2,33,41)/t18-,20-,22-,23+,24-,26?,28?,30-,31-,32+/m1/s1. The van der Waals surface area contributed by atoms with E-state index in [1.165, 1.54) is 6.07 Å². The molecule has 0 saturated heterocycles. The van der Waals surface area contributed by atoms with Crippen molar-refractivity contribution >= 4 is 23.3 Å². The molecular formula is C32H46N2O8. The third-order valence-electron chi connectivity index (χ3n) is 11.1. The molecule has 2 unspecified atom stereocenters. The highest BCUT2D eigenvalue weighted by Crippen LogP contribution is 2.71. The first-order valence-corrected chi connectivity index (χ1v) is 15.1. The maximum Gasteiger partial charge on any atom is 0.230 e. The van der Waals surface area contributed by atoms with E-state index in [1.807, 2.05) is 13.8 Å². The Morgan fingerprint density at radius 3 is 2.31 bits per heavy atom. The first-order chi connectivity index (χ1) is 19.6. The van der Waals surface area contributed by atoms with Crippen LogP contribution >= 0.6 is 0 Å². The second kappa shape index (κ2) is 11.1. The fourth-order valence-electron chi connectivity index (χ4n) is 9.31. The molecular weight excluding hydrogens is 540 g/mol. The Bertz CT molecular complexity index is 1280. The fraction of sp³-hybridized carbons (Fsp3) is 0.688. The van der Waals surface area contributed by atoms with Crippen LogP contribution in [0.5, 0.6) is 5.75 Å². The van der Waals surface area contributed by atoms with E-state index < -0.39 is 81.6 Å². The number of primary amides is 1. The normalized spacial score (nSPS) is 39.4. The van der Waals surface area contributed by atoms with Crippen LogP contribution in [0.1, 0.15) is 82.6 Å². The zero-order valence-corrected chi connectivity index (χ0v) is 25.4. The summed E-state index contributed by atoms with van der Waals surface area (Å²) in [4.78, 5) is 54.5. The van der Waals surface area contributed by atoms with Crippen LogP contribution in [-0.4, -0.2) is 74.6 Å². The number of phenolic OH excluding ortho intramolecular Hbond substituents is 1. The molecule has 0 aromatic heterocycles. The molecule has 1 amide bonds. The quantitative estimate of drug-likeness (QED) is 0.185. The Labute approximate surface area is 247 Å². The number of amides is 1. The Balaban J connectivity index is 2.13. The highest BCUT2D eigenvalue weighted by atomic mass is 16.4. The third-order valence-corrected chi connectivity index (χ3v) is 11.1. The summed E-state index contributed by atoms with van der Waals surface area (Å²) >= 11 is 0. The number of aliphatic hydroxyl groups is 3. The lowest BCUT2D eigenvalue weighted by molar-refractivity contribution is -0.292. The smallest absolute Gasteiger partial charge is 0.230 e. The Hall–Kier alpha value is -2.66. The molecule has 10 heteroatoms. The van der Waals surface area contributed by atoms with Gasteiger partial charge in [0.2, 0.25) is 5.91 Å². The van der Waals surface area contributed by atoms with Gasteiger partial charge < -0.3 is 31.5 Å². The van der Waals surface area contributed by atoms with Gasteiger partial charge in [0, 0.05) is 30.7 Å². The van der Waals surface area contributed by atoms with Crippen LogP contribution in [0.2, 0.25) is 0 Å². The Kier molecular flexibility index (Phi) is 8.54. The van der Waals surface area contributed by atoms with Crippen molar-refractivity contribution in [1.29, 1.82) is 0 Å². The summed E-state index contributed by atoms with van der Waals surface area (Å²) in [5.41, 5.74) is 0.570. The first kappa shape index (κ1) is 32.3. The van der Waals surface area contributed by atoms with Gasteiger partial charge in [0.1, 0.15) is 23.6 Å². The minimum absolute atomic E-state index is 0.00486.